The van der Waals surface area contributed by atoms with Crippen LogP contribution in [0.1, 0.15) is 85.0 Å². The summed E-state index contributed by atoms with van der Waals surface area (Å²) in [6.45, 7) is 6.92. The third-order valence-corrected chi connectivity index (χ3v) is 3.45. The smallest absolute Gasteiger partial charge is 0.0386 e. The van der Waals surface area contributed by atoms with Gasteiger partial charge in [-0.3, -0.25) is 0 Å². The highest BCUT2D eigenvalue weighted by Crippen LogP contribution is 2.17. The van der Waals surface area contributed by atoms with E-state index in [4.69, 9.17) is 0 Å². The van der Waals surface area contributed by atoms with E-state index in [0.717, 1.165) is 5.92 Å². The molecule has 0 aromatic rings. The minimum atomic E-state index is 0.973. The fraction of sp³-hybridized carbons (Fsp3) is 0.933. The molecule has 0 bridgehead atoms. The molecule has 0 aliphatic carbocycles. The largest absolute Gasteiger partial charge is 0.0654 e. The molecule has 0 aromatic carbocycles. The second-order valence-electron chi connectivity index (χ2n) is 4.75. The van der Waals surface area contributed by atoms with Gasteiger partial charge in [0.2, 0.25) is 0 Å². The number of unbranched alkanes of at least 4 members (excludes halogenated alkanes) is 7. The molecule has 0 amide bonds. The summed E-state index contributed by atoms with van der Waals surface area (Å²) in [5.74, 6) is 0.973. The molecule has 0 saturated heterocycles. The van der Waals surface area contributed by atoms with Crippen molar-refractivity contribution >= 4 is 0 Å². The zero-order valence-corrected chi connectivity index (χ0v) is 11.2. The first-order valence-electron chi connectivity index (χ1n) is 7.16. The standard InChI is InChI=1S/C15H31/c1-4-7-8-9-10-11-12-13-14-15(5-2)6-3/h12,15H,4-11,13-14H2,1-3H3. The van der Waals surface area contributed by atoms with Gasteiger partial charge in [-0.15, -0.1) is 0 Å². The van der Waals surface area contributed by atoms with E-state index < -0.39 is 0 Å². The molecule has 15 heavy (non-hydrogen) atoms. The molecule has 0 aromatic heterocycles. The van der Waals surface area contributed by atoms with Gasteiger partial charge in [0.25, 0.3) is 0 Å². The third kappa shape index (κ3) is 10.3. The van der Waals surface area contributed by atoms with Gasteiger partial charge in [-0.25, -0.2) is 0 Å². The number of hydrogen-bond acceptors (Lipinski definition) is 0. The predicted octanol–water partition coefficient (Wildman–Crippen LogP) is 5.77. The van der Waals surface area contributed by atoms with E-state index >= 15 is 0 Å². The van der Waals surface area contributed by atoms with Crippen molar-refractivity contribution in [2.24, 2.45) is 5.92 Å². The lowest BCUT2D eigenvalue weighted by Crippen LogP contribution is -1.96. The molecule has 0 rings (SSSR count). The molecule has 0 saturated carbocycles. The van der Waals surface area contributed by atoms with Crippen molar-refractivity contribution in [3.05, 3.63) is 6.42 Å². The minimum absolute atomic E-state index is 0.973. The van der Waals surface area contributed by atoms with Crippen molar-refractivity contribution in [3.8, 4) is 0 Å². The summed E-state index contributed by atoms with van der Waals surface area (Å²) >= 11 is 0. The van der Waals surface area contributed by atoms with Crippen molar-refractivity contribution in [2.45, 2.75) is 85.0 Å². The van der Waals surface area contributed by atoms with Gasteiger partial charge in [-0.05, 0) is 18.8 Å². The second kappa shape index (κ2) is 12.1. The Labute approximate surface area is 97.8 Å². The Kier molecular flexibility index (Phi) is 12.1. The van der Waals surface area contributed by atoms with Gasteiger partial charge in [0, 0.05) is 0 Å². The average Bonchev–Trinajstić information content (AvgIpc) is 2.27. The molecule has 0 fully saturated rings. The fourth-order valence-electron chi connectivity index (χ4n) is 2.09. The predicted molar refractivity (Wildman–Crippen MR) is 71.0 cm³/mol. The molecule has 0 N–H and O–H groups in total. The third-order valence-electron chi connectivity index (χ3n) is 3.45. The molecule has 0 spiro atoms. The van der Waals surface area contributed by atoms with Gasteiger partial charge in [0.1, 0.15) is 0 Å². The lowest BCUT2D eigenvalue weighted by atomic mass is 9.95. The van der Waals surface area contributed by atoms with Crippen LogP contribution in [0.2, 0.25) is 0 Å². The van der Waals surface area contributed by atoms with Crippen LogP contribution < -0.4 is 0 Å². The topological polar surface area (TPSA) is 0 Å². The Hall–Kier alpha value is 0. The van der Waals surface area contributed by atoms with Gasteiger partial charge in [-0.1, -0.05) is 78.6 Å². The van der Waals surface area contributed by atoms with Crippen molar-refractivity contribution < 1.29 is 0 Å². The maximum absolute atomic E-state index is 2.52. The van der Waals surface area contributed by atoms with Crippen molar-refractivity contribution in [1.82, 2.24) is 0 Å². The Morgan fingerprint density at radius 3 is 2.07 bits per heavy atom. The summed E-state index contributed by atoms with van der Waals surface area (Å²) in [6, 6.07) is 0. The molecule has 91 valence electrons. The molecule has 0 aliphatic heterocycles. The van der Waals surface area contributed by atoms with E-state index in [1.807, 2.05) is 0 Å². The van der Waals surface area contributed by atoms with Crippen LogP contribution in [0.25, 0.3) is 0 Å². The van der Waals surface area contributed by atoms with Gasteiger partial charge in [0.15, 0.2) is 0 Å². The molecule has 0 nitrogen and oxygen atoms in total. The van der Waals surface area contributed by atoms with E-state index in [-0.39, 0.29) is 0 Å². The molecular formula is C15H31. The summed E-state index contributed by atoms with van der Waals surface area (Å²) in [5.41, 5.74) is 0. The molecule has 0 atom stereocenters. The summed E-state index contributed by atoms with van der Waals surface area (Å²) in [6.07, 6.45) is 16.4. The van der Waals surface area contributed by atoms with Crippen molar-refractivity contribution in [1.29, 1.82) is 0 Å². The van der Waals surface area contributed by atoms with Crippen molar-refractivity contribution in [2.75, 3.05) is 0 Å². The Morgan fingerprint density at radius 2 is 1.47 bits per heavy atom. The van der Waals surface area contributed by atoms with E-state index in [2.05, 4.69) is 27.2 Å². The zero-order valence-electron chi connectivity index (χ0n) is 11.2. The van der Waals surface area contributed by atoms with Crippen molar-refractivity contribution in [3.63, 3.8) is 0 Å². The molecule has 0 heterocycles. The maximum Gasteiger partial charge on any atom is -0.0386 e. The normalized spacial score (nSPS) is 11.2. The molecular weight excluding hydrogens is 180 g/mol. The summed E-state index contributed by atoms with van der Waals surface area (Å²) in [5, 5.41) is 0. The first-order chi connectivity index (χ1) is 7.35. The molecule has 0 aliphatic rings. The van der Waals surface area contributed by atoms with Crippen LogP contribution in [0.3, 0.4) is 0 Å². The van der Waals surface area contributed by atoms with E-state index in [9.17, 15) is 0 Å². The van der Waals surface area contributed by atoms with Gasteiger partial charge >= 0.3 is 0 Å². The van der Waals surface area contributed by atoms with Crippen LogP contribution >= 0.6 is 0 Å². The maximum atomic E-state index is 2.52. The zero-order chi connectivity index (χ0) is 11.4. The van der Waals surface area contributed by atoms with Crippen LogP contribution in [0.5, 0.6) is 0 Å². The first kappa shape index (κ1) is 15.0. The second-order valence-corrected chi connectivity index (χ2v) is 4.75. The first-order valence-corrected chi connectivity index (χ1v) is 7.16. The number of hydrogen-bond donors (Lipinski definition) is 0. The fourth-order valence-corrected chi connectivity index (χ4v) is 2.09. The van der Waals surface area contributed by atoms with Crippen LogP contribution in [-0.2, 0) is 0 Å². The Balaban J connectivity index is 3.04. The highest BCUT2D eigenvalue weighted by Gasteiger charge is 2.02. The van der Waals surface area contributed by atoms with Crippen LogP contribution in [0, 0.1) is 12.3 Å². The van der Waals surface area contributed by atoms with Gasteiger partial charge in [-0.2, -0.15) is 0 Å². The lowest BCUT2D eigenvalue weighted by molar-refractivity contribution is 0.450. The van der Waals surface area contributed by atoms with E-state index in [1.54, 1.807) is 0 Å². The van der Waals surface area contributed by atoms with Crippen LogP contribution in [0.15, 0.2) is 0 Å². The number of rotatable bonds is 11. The highest BCUT2D eigenvalue weighted by molar-refractivity contribution is 4.67. The van der Waals surface area contributed by atoms with E-state index in [0.29, 0.717) is 0 Å². The Bertz CT molecular complexity index is 103. The summed E-state index contributed by atoms with van der Waals surface area (Å²) < 4.78 is 0. The summed E-state index contributed by atoms with van der Waals surface area (Å²) in [7, 11) is 0. The van der Waals surface area contributed by atoms with Crippen LogP contribution in [-0.4, -0.2) is 0 Å². The quantitative estimate of drug-likeness (QED) is 0.381. The molecule has 1 radical (unpaired) electrons. The SMILES string of the molecule is CCCCCCC[CH]CCC(CC)CC. The summed E-state index contributed by atoms with van der Waals surface area (Å²) in [4.78, 5) is 0. The monoisotopic (exact) mass is 211 g/mol. The van der Waals surface area contributed by atoms with Gasteiger partial charge < -0.3 is 0 Å². The van der Waals surface area contributed by atoms with Gasteiger partial charge in [0.05, 0.1) is 0 Å². The minimum Gasteiger partial charge on any atom is -0.0654 e. The Morgan fingerprint density at radius 1 is 0.800 bits per heavy atom. The lowest BCUT2D eigenvalue weighted by Gasteiger charge is -2.11. The average molecular weight is 211 g/mol. The van der Waals surface area contributed by atoms with E-state index in [1.165, 1.54) is 64.2 Å². The molecule has 0 heteroatoms. The molecule has 0 unspecified atom stereocenters. The highest BCUT2D eigenvalue weighted by atomic mass is 14.1. The van der Waals surface area contributed by atoms with Crippen LogP contribution in [0.4, 0.5) is 0 Å².